The Labute approximate surface area is 188 Å². The van der Waals surface area contributed by atoms with E-state index < -0.39 is 17.7 Å². The molecular formula is C24H16ClN3O4. The summed E-state index contributed by atoms with van der Waals surface area (Å²) < 4.78 is 5.14. The molecule has 8 heteroatoms. The first-order valence-electron chi connectivity index (χ1n) is 9.51. The number of benzene rings is 2. The normalized spacial score (nSPS) is 17.3. The number of aromatic nitrogens is 1. The van der Waals surface area contributed by atoms with Crippen molar-refractivity contribution in [3.05, 3.63) is 94.3 Å². The maximum absolute atomic E-state index is 13.1. The largest absolute Gasteiger partial charge is 0.507 e. The number of hydrogen-bond donors (Lipinski definition) is 1. The van der Waals surface area contributed by atoms with Crippen molar-refractivity contribution in [2.75, 3.05) is 12.0 Å². The van der Waals surface area contributed by atoms with Crippen molar-refractivity contribution < 1.29 is 19.4 Å². The third-order valence-corrected chi connectivity index (χ3v) is 5.46. The number of ketones is 1. The van der Waals surface area contributed by atoms with Crippen molar-refractivity contribution >= 4 is 34.7 Å². The van der Waals surface area contributed by atoms with Crippen LogP contribution in [0.1, 0.15) is 22.7 Å². The van der Waals surface area contributed by atoms with Crippen LogP contribution in [0.25, 0.3) is 5.76 Å². The Kier molecular flexibility index (Phi) is 5.63. The quantitative estimate of drug-likeness (QED) is 0.366. The van der Waals surface area contributed by atoms with Crippen LogP contribution in [0.15, 0.2) is 72.6 Å². The van der Waals surface area contributed by atoms with Crippen LogP contribution < -0.4 is 9.64 Å². The smallest absolute Gasteiger partial charge is 0.300 e. The summed E-state index contributed by atoms with van der Waals surface area (Å²) in [5.41, 5.74) is 1.61. The van der Waals surface area contributed by atoms with E-state index in [1.54, 1.807) is 60.9 Å². The van der Waals surface area contributed by atoms with E-state index in [9.17, 15) is 14.7 Å². The molecule has 1 amide bonds. The van der Waals surface area contributed by atoms with Crippen LogP contribution in [0.5, 0.6) is 5.75 Å². The number of anilines is 1. The number of rotatable bonds is 4. The first-order chi connectivity index (χ1) is 15.5. The van der Waals surface area contributed by atoms with Crippen LogP contribution in [-0.2, 0) is 9.59 Å². The van der Waals surface area contributed by atoms with E-state index in [1.165, 1.54) is 18.1 Å². The fourth-order valence-electron chi connectivity index (χ4n) is 3.63. The van der Waals surface area contributed by atoms with Crippen LogP contribution in [-0.4, -0.2) is 28.9 Å². The lowest BCUT2D eigenvalue weighted by atomic mass is 9.95. The Morgan fingerprint density at radius 1 is 1.12 bits per heavy atom. The molecule has 3 aromatic rings. The number of nitrogens with zero attached hydrogens (tertiary/aromatic N) is 3. The molecule has 1 saturated heterocycles. The summed E-state index contributed by atoms with van der Waals surface area (Å²) in [4.78, 5) is 31.4. The van der Waals surface area contributed by atoms with Gasteiger partial charge in [-0.3, -0.25) is 19.5 Å². The molecule has 0 saturated carbocycles. The van der Waals surface area contributed by atoms with E-state index in [1.807, 2.05) is 6.07 Å². The number of aliphatic hydroxyl groups excluding tert-OH is 1. The molecule has 4 rings (SSSR count). The SMILES string of the molecule is COc1ccc(/C(O)=C2/C(=O)C(=O)N(c3ccc(C#N)cc3)C2c2ccncc2)cc1Cl. The molecule has 1 N–H and O–H groups in total. The van der Waals surface area contributed by atoms with Gasteiger partial charge in [0.15, 0.2) is 0 Å². The fraction of sp³-hybridized carbons (Fsp3) is 0.0833. The number of nitriles is 1. The molecule has 158 valence electrons. The second-order valence-electron chi connectivity index (χ2n) is 6.96. The summed E-state index contributed by atoms with van der Waals surface area (Å²) in [5.74, 6) is -1.57. The van der Waals surface area contributed by atoms with Crippen molar-refractivity contribution in [1.82, 2.24) is 4.98 Å². The Bertz CT molecular complexity index is 1280. The average molecular weight is 446 g/mol. The number of halogens is 1. The summed E-state index contributed by atoms with van der Waals surface area (Å²) in [6.45, 7) is 0. The Morgan fingerprint density at radius 3 is 2.41 bits per heavy atom. The number of ether oxygens (including phenoxy) is 1. The Morgan fingerprint density at radius 2 is 1.81 bits per heavy atom. The Hall–Kier alpha value is -4.15. The minimum Gasteiger partial charge on any atom is -0.507 e. The molecule has 1 aliphatic rings. The van der Waals surface area contributed by atoms with Gasteiger partial charge in [-0.05, 0) is 60.2 Å². The number of pyridine rings is 1. The van der Waals surface area contributed by atoms with Gasteiger partial charge < -0.3 is 9.84 Å². The second-order valence-corrected chi connectivity index (χ2v) is 7.36. The van der Waals surface area contributed by atoms with E-state index in [2.05, 4.69) is 4.98 Å². The minimum atomic E-state index is -0.896. The summed E-state index contributed by atoms with van der Waals surface area (Å²) >= 11 is 6.20. The number of methoxy groups -OCH3 is 1. The number of aliphatic hydroxyl groups is 1. The monoisotopic (exact) mass is 445 g/mol. The van der Waals surface area contributed by atoms with Gasteiger partial charge >= 0.3 is 0 Å². The zero-order valence-corrected chi connectivity index (χ0v) is 17.6. The maximum atomic E-state index is 13.1. The molecule has 0 radical (unpaired) electrons. The Balaban J connectivity index is 1.91. The van der Waals surface area contributed by atoms with Crippen LogP contribution in [0.4, 0.5) is 5.69 Å². The van der Waals surface area contributed by atoms with E-state index in [0.29, 0.717) is 22.6 Å². The standard InChI is InChI=1S/C24H16ClN3O4/c1-32-19-7-4-16(12-18(19)25)22(29)20-21(15-8-10-27-11-9-15)28(24(31)23(20)30)17-5-2-14(13-26)3-6-17/h2-12,21,29H,1H3/b22-20-. The van der Waals surface area contributed by atoms with Crippen molar-refractivity contribution in [1.29, 1.82) is 5.26 Å². The molecule has 1 fully saturated rings. The molecule has 1 aromatic heterocycles. The van der Waals surface area contributed by atoms with Gasteiger partial charge in [-0.25, -0.2) is 0 Å². The molecular weight excluding hydrogens is 430 g/mol. The van der Waals surface area contributed by atoms with Gasteiger partial charge in [0.2, 0.25) is 0 Å². The van der Waals surface area contributed by atoms with Gasteiger partial charge in [0.1, 0.15) is 11.5 Å². The molecule has 0 aliphatic carbocycles. The van der Waals surface area contributed by atoms with Crippen LogP contribution >= 0.6 is 11.6 Å². The summed E-state index contributed by atoms with van der Waals surface area (Å²) in [6, 6.07) is 15.3. The third kappa shape index (κ3) is 3.57. The lowest BCUT2D eigenvalue weighted by Crippen LogP contribution is -2.29. The lowest BCUT2D eigenvalue weighted by molar-refractivity contribution is -0.132. The predicted octanol–water partition coefficient (Wildman–Crippen LogP) is 4.24. The van der Waals surface area contributed by atoms with E-state index >= 15 is 0 Å². The van der Waals surface area contributed by atoms with Crippen molar-refractivity contribution in [2.24, 2.45) is 0 Å². The minimum absolute atomic E-state index is 0.0770. The zero-order chi connectivity index (χ0) is 22.8. The van der Waals surface area contributed by atoms with Gasteiger partial charge in [0.25, 0.3) is 11.7 Å². The maximum Gasteiger partial charge on any atom is 0.300 e. The highest BCUT2D eigenvalue weighted by molar-refractivity contribution is 6.51. The summed E-state index contributed by atoms with van der Waals surface area (Å²) in [5, 5.41) is 20.4. The molecule has 2 aromatic carbocycles. The number of carbonyl (C=O) groups excluding carboxylic acids is 2. The van der Waals surface area contributed by atoms with Crippen LogP contribution in [0.3, 0.4) is 0 Å². The molecule has 32 heavy (non-hydrogen) atoms. The van der Waals surface area contributed by atoms with Crippen LogP contribution in [0, 0.1) is 11.3 Å². The first-order valence-corrected chi connectivity index (χ1v) is 9.89. The molecule has 7 nitrogen and oxygen atoms in total. The van der Waals surface area contributed by atoms with E-state index in [4.69, 9.17) is 21.6 Å². The number of carbonyl (C=O) groups is 2. The molecule has 1 atom stereocenters. The molecule has 1 aliphatic heterocycles. The van der Waals surface area contributed by atoms with Crippen molar-refractivity contribution in [2.45, 2.75) is 6.04 Å². The molecule has 0 bridgehead atoms. The van der Waals surface area contributed by atoms with Gasteiger partial charge in [-0.2, -0.15) is 5.26 Å². The number of hydrogen-bond acceptors (Lipinski definition) is 6. The lowest BCUT2D eigenvalue weighted by Gasteiger charge is -2.25. The van der Waals surface area contributed by atoms with Crippen molar-refractivity contribution in [3.8, 4) is 11.8 Å². The van der Waals surface area contributed by atoms with Crippen molar-refractivity contribution in [3.63, 3.8) is 0 Å². The molecule has 0 spiro atoms. The van der Waals surface area contributed by atoms with Gasteiger partial charge in [0, 0.05) is 23.6 Å². The fourth-order valence-corrected chi connectivity index (χ4v) is 3.88. The van der Waals surface area contributed by atoms with E-state index in [-0.39, 0.29) is 21.9 Å². The second kappa shape index (κ2) is 8.53. The zero-order valence-electron chi connectivity index (χ0n) is 16.8. The van der Waals surface area contributed by atoms with Gasteiger partial charge in [-0.1, -0.05) is 11.6 Å². The highest BCUT2D eigenvalue weighted by Crippen LogP contribution is 2.42. The average Bonchev–Trinajstić information content (AvgIpc) is 3.09. The highest BCUT2D eigenvalue weighted by Gasteiger charge is 2.47. The number of Topliss-reactive ketones (excluding diaryl/α,β-unsaturated/α-hetero) is 1. The highest BCUT2D eigenvalue weighted by atomic mass is 35.5. The molecule has 1 unspecified atom stereocenters. The van der Waals surface area contributed by atoms with Gasteiger partial charge in [-0.15, -0.1) is 0 Å². The predicted molar refractivity (Wildman–Crippen MR) is 118 cm³/mol. The summed E-state index contributed by atoms with van der Waals surface area (Å²) in [6.07, 6.45) is 3.08. The first kappa shape index (κ1) is 21.1. The van der Waals surface area contributed by atoms with Gasteiger partial charge in [0.05, 0.1) is 35.4 Å². The number of amides is 1. The molecule has 2 heterocycles. The third-order valence-electron chi connectivity index (χ3n) is 5.17. The summed E-state index contributed by atoms with van der Waals surface area (Å²) in [7, 11) is 1.47. The topological polar surface area (TPSA) is 104 Å². The van der Waals surface area contributed by atoms with Crippen LogP contribution in [0.2, 0.25) is 5.02 Å². The van der Waals surface area contributed by atoms with E-state index in [0.717, 1.165) is 0 Å².